The van der Waals surface area contributed by atoms with Crippen molar-refractivity contribution in [2.75, 3.05) is 104 Å². The van der Waals surface area contributed by atoms with Gasteiger partial charge in [-0.3, -0.25) is 29.3 Å². The summed E-state index contributed by atoms with van der Waals surface area (Å²) in [6.07, 6.45) is 9.05. The van der Waals surface area contributed by atoms with E-state index in [0.717, 1.165) is 46.0 Å². The smallest absolute Gasteiger partial charge is 0.355 e. The third-order valence-corrected chi connectivity index (χ3v) is 27.3. The summed E-state index contributed by atoms with van der Waals surface area (Å²) >= 11 is 1.19. The standard InChI is InChI=1S/C32H33F2N7O3.C30H28F2N6O5S.C30H28F2N6O3S/c1-6-22(43)39-14-15-40-19(16-39)11-13-38(5)29-24-30(40)37-32(44)41(28-18(4)10-12-35-26(28)17(2)3)31(24)36-27(25(29)34)23-20(33)8-7-9-21(23)42;1-5-20(40)36-11-12-37-17(13-36)14-44(42,43)27-22-28(37)35-30(41)38(26-16(4)9-10-33-24(26)15(2)3)29(22)34-25(23(27)32)21-18(31)7-6-8-19(21)39;1-5-20(40)36-11-12-37-17(13-36)14-42-27-22-28(37)35-30(41)38(26-16(4)9-10-33-24(26)15(2)3)29(22)34-25(23(27)32)21-18(31)7-6-8-19(21)39/h6-10,12,17,19,42H,1,11,13-16H2,2-5H3;5-10,15,17,39H,1,11-14H2,2-4H3;5-10,15,17,39H,1,11-14H2,2-4H3. The van der Waals surface area contributed by atoms with Crippen molar-refractivity contribution < 1.29 is 64.5 Å². The first kappa shape index (κ1) is 89.5. The number of hydrogen-bond acceptors (Lipinski definition) is 25. The summed E-state index contributed by atoms with van der Waals surface area (Å²) in [5.41, 5.74) is -0.379. The maximum Gasteiger partial charge on any atom is 0.355 e. The molecule has 672 valence electrons. The van der Waals surface area contributed by atoms with Crippen molar-refractivity contribution in [2.45, 2.75) is 114 Å². The average molecular weight is 1810 g/mol. The molecular formula is C92H89F6N19O11S2. The van der Waals surface area contributed by atoms with Crippen LogP contribution in [0.2, 0.25) is 0 Å². The molecule has 3 atom stereocenters. The Bertz CT molecular complexity index is 7060. The summed E-state index contributed by atoms with van der Waals surface area (Å²) in [7, 11) is -2.83. The third kappa shape index (κ3) is 15.4. The molecule has 0 saturated carbocycles. The van der Waals surface area contributed by atoms with Gasteiger partial charge in [0.15, 0.2) is 44.2 Å². The van der Waals surface area contributed by atoms with Crippen LogP contribution >= 0.6 is 11.8 Å². The molecule has 6 aliphatic rings. The van der Waals surface area contributed by atoms with E-state index in [9.17, 15) is 52.5 Å². The van der Waals surface area contributed by atoms with Crippen molar-refractivity contribution in [2.24, 2.45) is 0 Å². The normalized spacial score (nSPS) is 16.9. The van der Waals surface area contributed by atoms with Gasteiger partial charge in [0.05, 0.1) is 95.4 Å². The van der Waals surface area contributed by atoms with E-state index in [2.05, 4.69) is 64.6 Å². The number of piperazine rings is 3. The molecular weight excluding hydrogens is 1730 g/mol. The fraction of sp³-hybridized carbons (Fsp3) is 0.315. The van der Waals surface area contributed by atoms with Crippen LogP contribution in [0.25, 0.3) is 83.9 Å². The van der Waals surface area contributed by atoms with E-state index in [1.54, 1.807) is 70.4 Å². The summed E-state index contributed by atoms with van der Waals surface area (Å²) in [5, 5.41) is 32.2. The van der Waals surface area contributed by atoms with Gasteiger partial charge >= 0.3 is 17.1 Å². The Kier molecular flexibility index (Phi) is 24.0. The number of carbonyl (C=O) groups is 3. The zero-order valence-corrected chi connectivity index (χ0v) is 74.0. The second kappa shape index (κ2) is 34.9. The van der Waals surface area contributed by atoms with Crippen molar-refractivity contribution in [1.29, 1.82) is 0 Å². The number of aromatic nitrogens is 12. The van der Waals surface area contributed by atoms with Crippen molar-refractivity contribution in [1.82, 2.24) is 73.3 Å². The number of amides is 3. The van der Waals surface area contributed by atoms with Gasteiger partial charge in [-0.15, -0.1) is 11.8 Å². The molecule has 3 fully saturated rings. The van der Waals surface area contributed by atoms with E-state index < -0.39 is 135 Å². The van der Waals surface area contributed by atoms with Crippen LogP contribution in [-0.2, 0) is 24.2 Å². The summed E-state index contributed by atoms with van der Waals surface area (Å²) < 4.78 is 128. The number of hydrogen-bond donors (Lipinski definition) is 3. The number of pyridine rings is 6. The zero-order valence-electron chi connectivity index (χ0n) is 72.4. The highest BCUT2D eigenvalue weighted by Crippen LogP contribution is 2.50. The Balaban J connectivity index is 0.000000143. The lowest BCUT2D eigenvalue weighted by Crippen LogP contribution is -2.57. The molecule has 0 radical (unpaired) electrons. The van der Waals surface area contributed by atoms with Gasteiger partial charge in [0.1, 0.15) is 74.1 Å². The number of phenolic OH excluding ortho intramolecular Hbond substituents is 3. The Labute approximate surface area is 744 Å². The number of aryl methyl sites for hydroxylation is 3. The molecule has 3 unspecified atom stereocenters. The first-order valence-corrected chi connectivity index (χ1v) is 44.5. The lowest BCUT2D eigenvalue weighted by atomic mass is 10.0. The number of benzene rings is 3. The molecule has 3 amide bonds. The maximum atomic E-state index is 16.8. The van der Waals surface area contributed by atoms with Gasteiger partial charge in [0.25, 0.3) is 0 Å². The number of aromatic hydroxyl groups is 3. The molecule has 3 aromatic carbocycles. The number of halogens is 6. The number of nitrogens with zero attached hydrogens (tertiary/aromatic N) is 19. The molecule has 30 nitrogen and oxygen atoms in total. The summed E-state index contributed by atoms with van der Waals surface area (Å²) in [4.78, 5) is 131. The Morgan fingerprint density at radius 1 is 0.454 bits per heavy atom. The van der Waals surface area contributed by atoms with Crippen molar-refractivity contribution in [3.8, 4) is 68.1 Å². The first-order valence-electron chi connectivity index (χ1n) is 41.9. The molecule has 18 rings (SSSR count). The minimum atomic E-state index is -4.54. The molecule has 3 N–H and O–H groups in total. The molecule has 3 saturated heterocycles. The van der Waals surface area contributed by atoms with Gasteiger partial charge < -0.3 is 49.6 Å². The molecule has 0 spiro atoms. The Morgan fingerprint density at radius 3 is 1.22 bits per heavy atom. The fourth-order valence-corrected chi connectivity index (χ4v) is 21.1. The Hall–Kier alpha value is -13.9. The fourth-order valence-electron chi connectivity index (χ4n) is 18.1. The van der Waals surface area contributed by atoms with Crippen molar-refractivity contribution in [3.63, 3.8) is 0 Å². The number of phenols is 3. The summed E-state index contributed by atoms with van der Waals surface area (Å²) in [5.74, 6) is -8.57. The lowest BCUT2D eigenvalue weighted by Gasteiger charge is -2.44. The zero-order chi connectivity index (χ0) is 93.0. The maximum absolute atomic E-state index is 16.8. The van der Waals surface area contributed by atoms with Crippen LogP contribution in [0, 0.1) is 55.7 Å². The highest BCUT2D eigenvalue weighted by molar-refractivity contribution is 7.99. The molecule has 15 heterocycles. The van der Waals surface area contributed by atoms with Gasteiger partial charge in [0, 0.05) is 103 Å². The van der Waals surface area contributed by atoms with Crippen LogP contribution in [0.4, 0.5) is 49.5 Å². The second-order valence-corrected chi connectivity index (χ2v) is 36.3. The number of thioether (sulfide) groups is 1. The van der Waals surface area contributed by atoms with Gasteiger partial charge in [-0.2, -0.15) is 15.0 Å². The first-order chi connectivity index (χ1) is 62.0. The second-order valence-electron chi connectivity index (χ2n) is 33.3. The van der Waals surface area contributed by atoms with Gasteiger partial charge in [-0.1, -0.05) is 79.5 Å². The van der Waals surface area contributed by atoms with Gasteiger partial charge in [-0.05, 0) is 134 Å². The van der Waals surface area contributed by atoms with E-state index in [1.807, 2.05) is 65.2 Å². The van der Waals surface area contributed by atoms with Gasteiger partial charge in [-0.25, -0.2) is 77.8 Å². The average Bonchev–Trinajstić information content (AvgIpc) is 1.59. The molecule has 0 bridgehead atoms. The Morgan fingerprint density at radius 2 is 0.808 bits per heavy atom. The highest BCUT2D eigenvalue weighted by Gasteiger charge is 2.46. The number of sulfone groups is 1. The van der Waals surface area contributed by atoms with Crippen molar-refractivity contribution >= 4 is 95.6 Å². The predicted octanol–water partition coefficient (Wildman–Crippen LogP) is 12.1. The van der Waals surface area contributed by atoms with Crippen LogP contribution in [0.3, 0.4) is 0 Å². The number of rotatable bonds is 12. The van der Waals surface area contributed by atoms with Crippen LogP contribution in [0.5, 0.6) is 17.2 Å². The highest BCUT2D eigenvalue weighted by atomic mass is 32.2. The summed E-state index contributed by atoms with van der Waals surface area (Å²) in [6.45, 7) is 30.3. The molecule has 38 heteroatoms. The van der Waals surface area contributed by atoms with Gasteiger partial charge in [0.2, 0.25) is 17.7 Å². The predicted molar refractivity (Wildman–Crippen MR) is 481 cm³/mol. The van der Waals surface area contributed by atoms with Crippen molar-refractivity contribution in [3.05, 3.63) is 229 Å². The summed E-state index contributed by atoms with van der Waals surface area (Å²) in [6, 6.07) is 14.5. The number of fused-ring (bicyclic) bond motifs is 6. The number of anilines is 4. The minimum absolute atomic E-state index is 0.0560. The van der Waals surface area contributed by atoms with E-state index in [-0.39, 0.29) is 123 Å². The molecule has 130 heavy (non-hydrogen) atoms. The molecule has 0 aliphatic carbocycles. The molecule has 9 aromatic heterocycles. The molecule has 6 aliphatic heterocycles. The van der Waals surface area contributed by atoms with E-state index >= 15 is 26.3 Å². The molecule has 12 aromatic rings. The van der Waals surface area contributed by atoms with Crippen LogP contribution < -0.4 is 36.7 Å². The van der Waals surface area contributed by atoms with Crippen LogP contribution in [0.15, 0.2) is 154 Å². The third-order valence-electron chi connectivity index (χ3n) is 24.2. The minimum Gasteiger partial charge on any atom is -0.507 e. The van der Waals surface area contributed by atoms with E-state index in [4.69, 9.17) is 0 Å². The SMILES string of the molecule is C=CC(=O)N1CCN2c3nc(=O)n(-c4c(C)ccnc4C(C)C)c4nc(-c5c(O)cccc5F)c(F)c(c34)N(C)CCC2C1.C=CC(=O)N1CCN2c3nc(=O)n(-c4c(C)ccnc4C(C)C)c4nc(-c5c(O)cccc5F)c(F)c(c34)S(=O)(=O)CC2C1.C=CC(=O)N1CCN2c3nc(=O)n(-c4c(C)ccnc4C(C)C)c4nc(-c5c(O)cccc5F)c(F)c(c34)SCC2C1. The largest absolute Gasteiger partial charge is 0.507 e. The van der Waals surface area contributed by atoms with Crippen LogP contribution in [0.1, 0.15) is 99.5 Å². The van der Waals surface area contributed by atoms with Crippen LogP contribution in [-0.4, -0.2) is 217 Å². The topological polar surface area (TPSA) is 351 Å². The monoisotopic (exact) mass is 1810 g/mol. The quantitative estimate of drug-likeness (QED) is 0.0755. The lowest BCUT2D eigenvalue weighted by molar-refractivity contribution is -0.127. The van der Waals surface area contributed by atoms with E-state index in [1.165, 1.54) is 68.3 Å². The number of carbonyl (C=O) groups excluding carboxylic acids is 3. The van der Waals surface area contributed by atoms with E-state index in [0.29, 0.717) is 97.4 Å².